The Kier molecular flexibility index (Phi) is 13.5. The van der Waals surface area contributed by atoms with E-state index >= 15 is 0 Å². The van der Waals surface area contributed by atoms with E-state index in [0.29, 0.717) is 0 Å². The summed E-state index contributed by atoms with van der Waals surface area (Å²) in [5.74, 6) is 0. The van der Waals surface area contributed by atoms with Crippen molar-refractivity contribution in [3.63, 3.8) is 0 Å². The van der Waals surface area contributed by atoms with Gasteiger partial charge in [0.05, 0.1) is 0 Å². The first-order valence-electron chi connectivity index (χ1n) is 15.5. The fourth-order valence-corrected chi connectivity index (χ4v) is 21.3. The van der Waals surface area contributed by atoms with Gasteiger partial charge in [0.1, 0.15) is 0 Å². The quantitative estimate of drug-likeness (QED) is 0.182. The Morgan fingerprint density at radius 2 is 0.659 bits per heavy atom. The second kappa shape index (κ2) is 16.2. The summed E-state index contributed by atoms with van der Waals surface area (Å²) in [6.45, 7) is 6.95. The maximum atomic E-state index is 6.40. The Balaban J connectivity index is 2.10. The van der Waals surface area contributed by atoms with Gasteiger partial charge in [0.25, 0.3) is 0 Å². The van der Waals surface area contributed by atoms with Gasteiger partial charge in [0, 0.05) is 69.5 Å². The minimum atomic E-state index is -2.77. The van der Waals surface area contributed by atoms with Crippen LogP contribution in [0.3, 0.4) is 0 Å². The van der Waals surface area contributed by atoms with Crippen LogP contribution in [-0.4, -0.2) is 78.6 Å². The maximum Gasteiger partial charge on any atom is 0.374 e. The van der Waals surface area contributed by atoms with Crippen molar-refractivity contribution in [2.45, 2.75) is 61.7 Å². The molecule has 242 valence electrons. The molecule has 44 heavy (non-hydrogen) atoms. The van der Waals surface area contributed by atoms with Gasteiger partial charge in [0.2, 0.25) is 0 Å². The normalized spacial score (nSPS) is 16.3. The zero-order valence-electron chi connectivity index (χ0n) is 28.5. The van der Waals surface area contributed by atoms with Crippen LogP contribution in [0.15, 0.2) is 91.0 Å². The molecule has 0 saturated carbocycles. The van der Waals surface area contributed by atoms with Crippen LogP contribution in [0.1, 0.15) is 40.0 Å². The molecular weight excluding hydrogens is 617 g/mol. The molecular formula is C34H54O6Si4. The second-order valence-electron chi connectivity index (χ2n) is 12.5. The Morgan fingerprint density at radius 1 is 0.455 bits per heavy atom. The summed E-state index contributed by atoms with van der Waals surface area (Å²) in [6, 6.07) is 31.5. The summed E-state index contributed by atoms with van der Waals surface area (Å²) in [6.07, 6.45) is 2.86. The molecule has 10 heteroatoms. The third-order valence-corrected chi connectivity index (χ3v) is 22.5. The van der Waals surface area contributed by atoms with E-state index in [4.69, 9.17) is 26.6 Å². The van der Waals surface area contributed by atoms with Crippen molar-refractivity contribution in [2.24, 2.45) is 0 Å². The largest absolute Gasteiger partial charge is 0.394 e. The van der Waals surface area contributed by atoms with Gasteiger partial charge >= 0.3 is 25.7 Å². The van der Waals surface area contributed by atoms with E-state index in [-0.39, 0.29) is 21.7 Å². The van der Waals surface area contributed by atoms with Gasteiger partial charge < -0.3 is 26.6 Å². The molecule has 3 rings (SSSR count). The van der Waals surface area contributed by atoms with Crippen molar-refractivity contribution < 1.29 is 26.6 Å². The van der Waals surface area contributed by atoms with Gasteiger partial charge in [-0.3, -0.25) is 0 Å². The Hall–Kier alpha value is -1.71. The van der Waals surface area contributed by atoms with Crippen LogP contribution >= 0.6 is 0 Å². The molecule has 3 atom stereocenters. The van der Waals surface area contributed by atoms with E-state index in [1.54, 1.807) is 0 Å². The maximum absolute atomic E-state index is 6.40. The molecule has 3 aromatic carbocycles. The van der Waals surface area contributed by atoms with Crippen molar-refractivity contribution in [2.75, 3.05) is 42.7 Å². The average molecular weight is 671 g/mol. The van der Waals surface area contributed by atoms with Crippen molar-refractivity contribution >= 4 is 51.5 Å². The highest BCUT2D eigenvalue weighted by Gasteiger charge is 2.53. The molecule has 0 saturated heterocycles. The van der Waals surface area contributed by atoms with E-state index in [1.165, 1.54) is 0 Å². The second-order valence-corrected chi connectivity index (χ2v) is 25.7. The molecule has 6 nitrogen and oxygen atoms in total. The topological polar surface area (TPSA) is 55.4 Å². The summed E-state index contributed by atoms with van der Waals surface area (Å²) in [5.41, 5.74) is 0.563. The number of benzene rings is 3. The third kappa shape index (κ3) is 7.46. The zero-order valence-corrected chi connectivity index (χ0v) is 33.5. The molecule has 0 amide bonds. The molecule has 3 aromatic rings. The van der Waals surface area contributed by atoms with E-state index in [0.717, 1.165) is 45.1 Å². The highest BCUT2D eigenvalue weighted by Crippen LogP contribution is 2.52. The van der Waals surface area contributed by atoms with Gasteiger partial charge in [0.15, 0.2) is 0 Å². The lowest BCUT2D eigenvalue weighted by Crippen LogP contribution is -2.58. The summed E-state index contributed by atoms with van der Waals surface area (Å²) < 4.78 is 38.4. The molecule has 0 N–H and O–H groups in total. The summed E-state index contributed by atoms with van der Waals surface area (Å²) >= 11 is 0. The molecule has 3 unspecified atom stereocenters. The summed E-state index contributed by atoms with van der Waals surface area (Å²) in [5, 5.41) is 3.46. The van der Waals surface area contributed by atoms with Crippen LogP contribution in [-0.2, 0) is 26.6 Å². The van der Waals surface area contributed by atoms with Crippen LogP contribution < -0.4 is 15.6 Å². The standard InChI is InChI=1S/C34H54O6Si4/c1-28(42(35-4,36-5)31-19-13-10-14-20-31)25-34(41,26-29(2)43(37-6,38-7)32-21-15-11-16-22-32)27-30(3)44(39-8,40-9)33-23-17-12-18-24-33/h10-24,28-30H,25-27H2,1-9,41H3. The van der Waals surface area contributed by atoms with Gasteiger partial charge in [-0.2, -0.15) is 0 Å². The Morgan fingerprint density at radius 3 is 0.841 bits per heavy atom. The fraction of sp³-hybridized carbons (Fsp3) is 0.471. The zero-order chi connectivity index (χ0) is 32.4. The molecule has 0 aliphatic rings. The minimum absolute atomic E-state index is 0.0173. The van der Waals surface area contributed by atoms with Crippen molar-refractivity contribution in [1.82, 2.24) is 0 Å². The van der Waals surface area contributed by atoms with Gasteiger partial charge in [-0.15, -0.1) is 0 Å². The highest BCUT2D eigenvalue weighted by atomic mass is 28.4. The van der Waals surface area contributed by atoms with E-state index in [2.05, 4.69) is 93.6 Å². The van der Waals surface area contributed by atoms with Crippen LogP contribution in [0.4, 0.5) is 0 Å². The molecule has 0 radical (unpaired) electrons. The highest BCUT2D eigenvalue weighted by molar-refractivity contribution is 6.83. The molecule has 0 spiro atoms. The lowest BCUT2D eigenvalue weighted by atomic mass is 9.91. The van der Waals surface area contributed by atoms with Crippen LogP contribution in [0.25, 0.3) is 0 Å². The van der Waals surface area contributed by atoms with Crippen molar-refractivity contribution in [3.05, 3.63) is 91.0 Å². The van der Waals surface area contributed by atoms with Crippen molar-refractivity contribution in [1.29, 1.82) is 0 Å². The number of rotatable bonds is 18. The van der Waals surface area contributed by atoms with Crippen LogP contribution in [0.2, 0.25) is 21.7 Å². The smallest absolute Gasteiger partial charge is 0.374 e. The van der Waals surface area contributed by atoms with Gasteiger partial charge in [-0.25, -0.2) is 0 Å². The molecule has 0 aromatic heterocycles. The van der Waals surface area contributed by atoms with Gasteiger partial charge in [-0.1, -0.05) is 112 Å². The number of hydrogen-bond donors (Lipinski definition) is 0. The Labute approximate surface area is 272 Å². The Bertz CT molecular complexity index is 1080. The number of hydrogen-bond acceptors (Lipinski definition) is 6. The minimum Gasteiger partial charge on any atom is -0.394 e. The molecule has 0 bridgehead atoms. The van der Waals surface area contributed by atoms with Gasteiger partial charge in [-0.05, 0) is 39.9 Å². The van der Waals surface area contributed by atoms with E-state index in [9.17, 15) is 0 Å². The third-order valence-electron chi connectivity index (χ3n) is 9.69. The molecule has 0 heterocycles. The fourth-order valence-electron chi connectivity index (χ4n) is 7.90. The SMILES string of the molecule is CO[Si](OC)(c1ccccc1)C(C)CC([SiH3])(CC(C)[Si](OC)(OC)c1ccccc1)CC(C)[Si](OC)(OC)c1ccccc1. The average Bonchev–Trinajstić information content (AvgIpc) is 3.05. The predicted octanol–water partition coefficient (Wildman–Crippen LogP) is 4.78. The first kappa shape index (κ1) is 36.8. The first-order chi connectivity index (χ1) is 21.1. The van der Waals surface area contributed by atoms with Crippen molar-refractivity contribution in [3.8, 4) is 0 Å². The molecule has 0 fully saturated rings. The lowest BCUT2D eigenvalue weighted by molar-refractivity contribution is 0.221. The van der Waals surface area contributed by atoms with E-state index < -0.39 is 25.7 Å². The molecule has 0 aliphatic carbocycles. The first-order valence-corrected chi connectivity index (χ1v) is 22.2. The molecule has 0 aliphatic heterocycles. The van der Waals surface area contributed by atoms with E-state index in [1.807, 2.05) is 60.9 Å². The predicted molar refractivity (Wildman–Crippen MR) is 192 cm³/mol. The van der Waals surface area contributed by atoms with Crippen LogP contribution in [0, 0.1) is 0 Å². The summed E-state index contributed by atoms with van der Waals surface area (Å²) in [7, 11) is 3.51. The lowest BCUT2D eigenvalue weighted by Gasteiger charge is -2.45. The monoisotopic (exact) mass is 670 g/mol. The van der Waals surface area contributed by atoms with Crippen LogP contribution in [0.5, 0.6) is 0 Å². The summed E-state index contributed by atoms with van der Waals surface area (Å²) in [4.78, 5) is 0.